The Kier molecular flexibility index (Phi) is 6.33. The summed E-state index contributed by atoms with van der Waals surface area (Å²) in [5, 5.41) is 20.7. The van der Waals surface area contributed by atoms with Crippen molar-refractivity contribution in [3.05, 3.63) is 68.1 Å². The highest BCUT2D eigenvalue weighted by Crippen LogP contribution is 2.20. The second-order valence-electron chi connectivity index (χ2n) is 5.23. The first-order chi connectivity index (χ1) is 11.8. The third kappa shape index (κ3) is 5.40. The second-order valence-corrected chi connectivity index (χ2v) is 7.06. The molecule has 0 bridgehead atoms. The highest BCUT2D eigenvalue weighted by Gasteiger charge is 2.21. The summed E-state index contributed by atoms with van der Waals surface area (Å²) in [4.78, 5) is 34.6. The number of halogens is 2. The quantitative estimate of drug-likeness (QED) is 0.600. The van der Waals surface area contributed by atoms with Gasteiger partial charge in [-0.25, -0.2) is 9.59 Å². The summed E-state index contributed by atoms with van der Waals surface area (Å²) < 4.78 is 1.37. The Morgan fingerprint density at radius 2 is 1.48 bits per heavy atom. The first-order valence-corrected chi connectivity index (χ1v) is 8.67. The molecule has 2 rings (SSSR count). The van der Waals surface area contributed by atoms with Crippen LogP contribution in [0.1, 0.15) is 26.3 Å². The van der Waals surface area contributed by atoms with Gasteiger partial charge in [-0.05, 0) is 35.9 Å². The van der Waals surface area contributed by atoms with E-state index in [0.29, 0.717) is 20.1 Å². The second kappa shape index (κ2) is 8.26. The van der Waals surface area contributed by atoms with Crippen molar-refractivity contribution in [1.82, 2.24) is 5.32 Å². The fraction of sp³-hybridized carbons (Fsp3) is 0.118. The fourth-order valence-corrected chi connectivity index (χ4v) is 3.44. The van der Waals surface area contributed by atoms with E-state index in [1.807, 2.05) is 0 Å². The largest absolute Gasteiger partial charge is 0.480 e. The van der Waals surface area contributed by atoms with Crippen LogP contribution in [-0.4, -0.2) is 34.1 Å². The number of nitrogens with one attached hydrogen (secondary N) is 1. The highest BCUT2D eigenvalue weighted by atomic mass is 79.9. The number of carbonyl (C=O) groups excluding carboxylic acids is 1. The molecular weight excluding hydrogens is 458 g/mol. The maximum Gasteiger partial charge on any atom is 0.335 e. The molecule has 0 aromatic heterocycles. The van der Waals surface area contributed by atoms with E-state index in [2.05, 4.69) is 37.2 Å². The van der Waals surface area contributed by atoms with Crippen LogP contribution in [0.2, 0.25) is 0 Å². The van der Waals surface area contributed by atoms with Gasteiger partial charge < -0.3 is 15.5 Å². The summed E-state index contributed by atoms with van der Waals surface area (Å²) in [6.45, 7) is 0. The van der Waals surface area contributed by atoms with Gasteiger partial charge in [-0.2, -0.15) is 0 Å². The highest BCUT2D eigenvalue weighted by molar-refractivity contribution is 9.11. The molecule has 2 aromatic carbocycles. The van der Waals surface area contributed by atoms with Crippen molar-refractivity contribution in [3.63, 3.8) is 0 Å². The van der Waals surface area contributed by atoms with E-state index < -0.39 is 23.9 Å². The average molecular weight is 471 g/mol. The Hall–Kier alpha value is -2.19. The van der Waals surface area contributed by atoms with E-state index in [1.165, 1.54) is 24.3 Å². The smallest absolute Gasteiger partial charge is 0.335 e. The Labute approximate surface area is 160 Å². The molecule has 3 N–H and O–H groups in total. The predicted octanol–water partition coefficient (Wildman–Crippen LogP) is 3.34. The van der Waals surface area contributed by atoms with Gasteiger partial charge in [-0.1, -0.05) is 44.0 Å². The number of carboxylic acids is 2. The van der Waals surface area contributed by atoms with Crippen molar-refractivity contribution in [3.8, 4) is 0 Å². The molecule has 1 amide bonds. The van der Waals surface area contributed by atoms with Gasteiger partial charge in [-0.3, -0.25) is 4.79 Å². The number of hydrogen-bond donors (Lipinski definition) is 3. The molecule has 130 valence electrons. The van der Waals surface area contributed by atoms with E-state index in [1.54, 1.807) is 18.2 Å². The van der Waals surface area contributed by atoms with Crippen molar-refractivity contribution < 1.29 is 24.6 Å². The van der Waals surface area contributed by atoms with E-state index in [4.69, 9.17) is 5.11 Å². The summed E-state index contributed by atoms with van der Waals surface area (Å²) >= 11 is 6.55. The summed E-state index contributed by atoms with van der Waals surface area (Å²) in [6.07, 6.45) is 0.0378. The van der Waals surface area contributed by atoms with Crippen molar-refractivity contribution in [2.24, 2.45) is 0 Å². The molecule has 25 heavy (non-hydrogen) atoms. The van der Waals surface area contributed by atoms with Crippen LogP contribution < -0.4 is 5.32 Å². The monoisotopic (exact) mass is 469 g/mol. The van der Waals surface area contributed by atoms with Crippen LogP contribution in [0.3, 0.4) is 0 Å². The first-order valence-electron chi connectivity index (χ1n) is 7.08. The minimum absolute atomic E-state index is 0.0378. The summed E-state index contributed by atoms with van der Waals surface area (Å²) in [5.74, 6) is -2.75. The van der Waals surface area contributed by atoms with Crippen LogP contribution in [0.5, 0.6) is 0 Å². The minimum atomic E-state index is -1.18. The lowest BCUT2D eigenvalue weighted by Crippen LogP contribution is -2.42. The normalized spacial score (nSPS) is 11.6. The zero-order valence-electron chi connectivity index (χ0n) is 12.7. The van der Waals surface area contributed by atoms with Gasteiger partial charge in [0.05, 0.1) is 5.56 Å². The molecule has 0 fully saturated rings. The van der Waals surface area contributed by atoms with Gasteiger partial charge in [0.2, 0.25) is 0 Å². The lowest BCUT2D eigenvalue weighted by Gasteiger charge is -2.15. The van der Waals surface area contributed by atoms with Crippen molar-refractivity contribution in [2.75, 3.05) is 0 Å². The molecule has 0 spiro atoms. The zero-order valence-corrected chi connectivity index (χ0v) is 15.9. The molecule has 0 heterocycles. The first kappa shape index (κ1) is 19.1. The summed E-state index contributed by atoms with van der Waals surface area (Å²) in [5.41, 5.74) is 1.03. The summed E-state index contributed by atoms with van der Waals surface area (Å²) in [7, 11) is 0. The molecular formula is C17H13Br2NO5. The van der Waals surface area contributed by atoms with Gasteiger partial charge in [0, 0.05) is 20.9 Å². The topological polar surface area (TPSA) is 104 Å². The third-order valence-electron chi connectivity index (χ3n) is 3.37. The van der Waals surface area contributed by atoms with Crippen LogP contribution in [-0.2, 0) is 11.2 Å². The number of hydrogen-bond acceptors (Lipinski definition) is 3. The lowest BCUT2D eigenvalue weighted by atomic mass is 10.0. The molecule has 0 aliphatic heterocycles. The van der Waals surface area contributed by atoms with Crippen LogP contribution in [0.4, 0.5) is 0 Å². The molecule has 0 saturated carbocycles. The third-order valence-corrected chi connectivity index (χ3v) is 4.28. The zero-order chi connectivity index (χ0) is 18.6. The van der Waals surface area contributed by atoms with Crippen LogP contribution in [0.25, 0.3) is 0 Å². The SMILES string of the molecule is O=C(O)c1ccc(C[C@H](NC(=O)c2cc(Br)cc(Br)c2)C(=O)O)cc1. The molecule has 2 aromatic rings. The lowest BCUT2D eigenvalue weighted by molar-refractivity contribution is -0.139. The van der Waals surface area contributed by atoms with E-state index >= 15 is 0 Å². The van der Waals surface area contributed by atoms with Gasteiger partial charge in [0.15, 0.2) is 0 Å². The number of benzene rings is 2. The Morgan fingerprint density at radius 1 is 0.920 bits per heavy atom. The molecule has 8 heteroatoms. The molecule has 0 saturated heterocycles. The molecule has 6 nitrogen and oxygen atoms in total. The van der Waals surface area contributed by atoms with Crippen molar-refractivity contribution >= 4 is 49.7 Å². The maximum absolute atomic E-state index is 12.3. The number of carboxylic acid groups (broad SMARTS) is 2. The predicted molar refractivity (Wildman–Crippen MR) is 97.8 cm³/mol. The fourth-order valence-electron chi connectivity index (χ4n) is 2.15. The standard InChI is InChI=1S/C17H13Br2NO5/c18-12-6-11(7-13(19)8-12)15(21)20-14(17(24)25)5-9-1-3-10(4-2-9)16(22)23/h1-4,6-8,14H,5H2,(H,20,21)(H,22,23)(H,24,25)/t14-/m0/s1. The van der Waals surface area contributed by atoms with E-state index in [9.17, 15) is 19.5 Å². The maximum atomic E-state index is 12.3. The number of rotatable bonds is 6. The Balaban J connectivity index is 2.13. The van der Waals surface area contributed by atoms with E-state index in [0.717, 1.165) is 0 Å². The minimum Gasteiger partial charge on any atom is -0.480 e. The van der Waals surface area contributed by atoms with E-state index in [-0.39, 0.29) is 12.0 Å². The molecule has 0 radical (unpaired) electrons. The number of amides is 1. The molecule has 1 atom stereocenters. The number of aliphatic carboxylic acids is 1. The van der Waals surface area contributed by atoms with Crippen molar-refractivity contribution in [2.45, 2.75) is 12.5 Å². The van der Waals surface area contributed by atoms with Crippen LogP contribution in [0.15, 0.2) is 51.4 Å². The Morgan fingerprint density at radius 3 is 1.96 bits per heavy atom. The van der Waals surface area contributed by atoms with Crippen LogP contribution >= 0.6 is 31.9 Å². The number of aromatic carboxylic acids is 1. The average Bonchev–Trinajstić information content (AvgIpc) is 2.53. The van der Waals surface area contributed by atoms with Gasteiger partial charge >= 0.3 is 11.9 Å². The van der Waals surface area contributed by atoms with Gasteiger partial charge in [-0.15, -0.1) is 0 Å². The van der Waals surface area contributed by atoms with Gasteiger partial charge in [0.1, 0.15) is 6.04 Å². The molecule has 0 aliphatic rings. The Bertz CT molecular complexity index is 800. The van der Waals surface area contributed by atoms with Crippen molar-refractivity contribution in [1.29, 1.82) is 0 Å². The summed E-state index contributed by atoms with van der Waals surface area (Å²) in [6, 6.07) is 9.63. The number of carbonyl (C=O) groups is 3. The van der Waals surface area contributed by atoms with Gasteiger partial charge in [0.25, 0.3) is 5.91 Å². The van der Waals surface area contributed by atoms with Crippen LogP contribution in [0, 0.1) is 0 Å². The molecule has 0 unspecified atom stereocenters. The molecule has 0 aliphatic carbocycles.